The lowest BCUT2D eigenvalue weighted by Gasteiger charge is -2.40. The van der Waals surface area contributed by atoms with Gasteiger partial charge in [-0.15, -0.1) is 10.2 Å². The van der Waals surface area contributed by atoms with Gasteiger partial charge in [0.15, 0.2) is 0 Å². The molecule has 0 radical (unpaired) electrons. The molecular weight excluding hydrogens is 392 g/mol. The number of nitrogens with one attached hydrogen (secondary N) is 3. The molecule has 2 aliphatic rings. The van der Waals surface area contributed by atoms with Crippen molar-refractivity contribution in [3.05, 3.63) is 34.8 Å². The summed E-state index contributed by atoms with van der Waals surface area (Å²) >= 11 is 1.28. The number of nitrogens with zero attached hydrogens (tertiary/aromatic N) is 3. The molecule has 0 saturated carbocycles. The minimum Gasteiger partial charge on any atom is -0.362 e. The van der Waals surface area contributed by atoms with Gasteiger partial charge in [0.1, 0.15) is 16.7 Å². The molecule has 29 heavy (non-hydrogen) atoms. The number of anilines is 2. The Labute approximate surface area is 171 Å². The summed E-state index contributed by atoms with van der Waals surface area (Å²) in [5.41, 5.74) is 0.641. The van der Waals surface area contributed by atoms with Crippen molar-refractivity contribution in [1.29, 1.82) is 0 Å². The molecule has 2 aliphatic heterocycles. The topological polar surface area (TPSA) is 116 Å². The third-order valence-electron chi connectivity index (χ3n) is 5.37. The second kappa shape index (κ2) is 7.43. The van der Waals surface area contributed by atoms with Crippen LogP contribution in [0.2, 0.25) is 0 Å². The van der Waals surface area contributed by atoms with Gasteiger partial charge in [-0.05, 0) is 32.4 Å². The predicted molar refractivity (Wildman–Crippen MR) is 109 cm³/mol. The zero-order chi connectivity index (χ0) is 20.6. The van der Waals surface area contributed by atoms with E-state index in [1.165, 1.54) is 11.3 Å². The van der Waals surface area contributed by atoms with Crippen LogP contribution in [0.5, 0.6) is 0 Å². The van der Waals surface area contributed by atoms with Gasteiger partial charge in [0.25, 0.3) is 5.91 Å². The van der Waals surface area contributed by atoms with E-state index >= 15 is 0 Å². The molecule has 3 amide bonds. The van der Waals surface area contributed by atoms with Crippen LogP contribution in [0.25, 0.3) is 0 Å². The molecule has 0 aliphatic carbocycles. The van der Waals surface area contributed by atoms with Gasteiger partial charge in [0, 0.05) is 25.1 Å². The largest absolute Gasteiger partial charge is 0.362 e. The molecule has 1 fully saturated rings. The maximum Gasteiger partial charge on any atom is 0.255 e. The highest BCUT2D eigenvalue weighted by Crippen LogP contribution is 2.32. The Bertz CT molecular complexity index is 976. The molecule has 2 atom stereocenters. The summed E-state index contributed by atoms with van der Waals surface area (Å²) in [7, 11) is 0. The van der Waals surface area contributed by atoms with E-state index in [1.807, 2.05) is 18.2 Å². The van der Waals surface area contributed by atoms with Gasteiger partial charge in [0.2, 0.25) is 16.9 Å². The van der Waals surface area contributed by atoms with Gasteiger partial charge in [-0.3, -0.25) is 19.7 Å². The standard InChI is InChI=1S/C19H22N6O3S/c1-11(16(27)20-18-24-23-12(2)29-18)25-10-9-19(8-7-15(25)26)21-14-6-4-3-5-13(14)17(28)22-19/h3-6,11,21H,7-10H2,1-2H3,(H,22,28)(H,20,24,27)/t11-,19+/m0/s1. The number of amides is 3. The lowest BCUT2D eigenvalue weighted by atomic mass is 9.95. The lowest BCUT2D eigenvalue weighted by molar-refractivity contribution is -0.137. The smallest absolute Gasteiger partial charge is 0.255 e. The fourth-order valence-corrected chi connectivity index (χ4v) is 4.34. The van der Waals surface area contributed by atoms with Crippen LogP contribution in [-0.4, -0.2) is 51.1 Å². The Morgan fingerprint density at radius 3 is 2.79 bits per heavy atom. The highest BCUT2D eigenvalue weighted by molar-refractivity contribution is 7.15. The van der Waals surface area contributed by atoms with Crippen LogP contribution < -0.4 is 16.0 Å². The summed E-state index contributed by atoms with van der Waals surface area (Å²) in [4.78, 5) is 39.5. The first-order valence-corrected chi connectivity index (χ1v) is 10.3. The quantitative estimate of drug-likeness (QED) is 0.704. The van der Waals surface area contributed by atoms with Crippen molar-refractivity contribution in [3.63, 3.8) is 0 Å². The second-order valence-corrected chi connectivity index (χ2v) is 8.52. The molecule has 4 rings (SSSR count). The first kappa shape index (κ1) is 19.3. The average molecular weight is 414 g/mol. The van der Waals surface area contributed by atoms with E-state index in [1.54, 1.807) is 24.8 Å². The van der Waals surface area contributed by atoms with E-state index < -0.39 is 11.7 Å². The molecule has 1 saturated heterocycles. The van der Waals surface area contributed by atoms with E-state index in [-0.39, 0.29) is 24.1 Å². The second-order valence-electron chi connectivity index (χ2n) is 7.34. The van der Waals surface area contributed by atoms with E-state index in [0.29, 0.717) is 30.1 Å². The number of para-hydroxylation sites is 1. The highest BCUT2D eigenvalue weighted by atomic mass is 32.1. The van der Waals surface area contributed by atoms with E-state index in [4.69, 9.17) is 0 Å². The SMILES string of the molecule is Cc1nnc(NC(=O)[C@H](C)N2CC[C@@]3(CCC2=O)NC(=O)c2ccccc2N3)s1. The van der Waals surface area contributed by atoms with Crippen LogP contribution in [0.1, 0.15) is 41.6 Å². The maximum absolute atomic E-state index is 12.7. The Kier molecular flexibility index (Phi) is 4.95. The van der Waals surface area contributed by atoms with Gasteiger partial charge in [0.05, 0.1) is 5.56 Å². The van der Waals surface area contributed by atoms with Crippen molar-refractivity contribution < 1.29 is 14.4 Å². The first-order valence-electron chi connectivity index (χ1n) is 9.47. The van der Waals surface area contributed by atoms with Crippen molar-refractivity contribution in [3.8, 4) is 0 Å². The fourth-order valence-electron chi connectivity index (χ4n) is 3.75. The molecule has 1 aromatic heterocycles. The van der Waals surface area contributed by atoms with Gasteiger partial charge < -0.3 is 15.5 Å². The van der Waals surface area contributed by atoms with Crippen molar-refractivity contribution in [2.24, 2.45) is 0 Å². The van der Waals surface area contributed by atoms with Gasteiger partial charge in [-0.25, -0.2) is 0 Å². The van der Waals surface area contributed by atoms with Gasteiger partial charge in [-0.1, -0.05) is 23.5 Å². The van der Waals surface area contributed by atoms with Crippen LogP contribution in [-0.2, 0) is 9.59 Å². The third kappa shape index (κ3) is 3.80. The lowest BCUT2D eigenvalue weighted by Crippen LogP contribution is -2.58. The number of carbonyl (C=O) groups is 3. The molecule has 0 bridgehead atoms. The summed E-state index contributed by atoms with van der Waals surface area (Å²) in [6, 6.07) is 6.65. The Morgan fingerprint density at radius 2 is 2.03 bits per heavy atom. The molecule has 0 unspecified atom stereocenters. The Morgan fingerprint density at radius 1 is 1.24 bits per heavy atom. The monoisotopic (exact) mass is 414 g/mol. The van der Waals surface area contributed by atoms with Crippen molar-refractivity contribution in [1.82, 2.24) is 20.4 Å². The summed E-state index contributed by atoms with van der Waals surface area (Å²) < 4.78 is 0. The van der Waals surface area contributed by atoms with Crippen LogP contribution >= 0.6 is 11.3 Å². The van der Waals surface area contributed by atoms with E-state index in [0.717, 1.165) is 10.7 Å². The summed E-state index contributed by atoms with van der Waals surface area (Å²) in [5, 5.41) is 18.1. The number of hydrogen-bond acceptors (Lipinski definition) is 7. The Hall–Kier alpha value is -3.01. The van der Waals surface area contributed by atoms with Crippen LogP contribution in [0.4, 0.5) is 10.8 Å². The maximum atomic E-state index is 12.7. The normalized spacial score (nSPS) is 22.3. The highest BCUT2D eigenvalue weighted by Gasteiger charge is 2.41. The number of benzene rings is 1. The molecule has 3 heterocycles. The Balaban J connectivity index is 1.48. The minimum absolute atomic E-state index is 0.118. The third-order valence-corrected chi connectivity index (χ3v) is 6.12. The van der Waals surface area contributed by atoms with Gasteiger partial charge in [-0.2, -0.15) is 0 Å². The zero-order valence-corrected chi connectivity index (χ0v) is 17.0. The van der Waals surface area contributed by atoms with Crippen molar-refractivity contribution in [2.75, 3.05) is 17.2 Å². The van der Waals surface area contributed by atoms with Gasteiger partial charge >= 0.3 is 0 Å². The zero-order valence-electron chi connectivity index (χ0n) is 16.2. The number of fused-ring (bicyclic) bond motifs is 1. The minimum atomic E-state index is -0.706. The number of aromatic nitrogens is 2. The predicted octanol–water partition coefficient (Wildman–Crippen LogP) is 1.74. The summed E-state index contributed by atoms with van der Waals surface area (Å²) in [6.45, 7) is 3.84. The number of carbonyl (C=O) groups excluding carboxylic acids is 3. The molecule has 1 spiro atoms. The number of rotatable bonds is 3. The molecule has 10 heteroatoms. The molecule has 2 aromatic rings. The molecule has 1 aromatic carbocycles. The molecule has 3 N–H and O–H groups in total. The number of hydrogen-bond donors (Lipinski definition) is 3. The summed E-state index contributed by atoms with van der Waals surface area (Å²) in [6.07, 6.45) is 1.17. The molecular formula is C19H22N6O3S. The van der Waals surface area contributed by atoms with Crippen molar-refractivity contribution >= 4 is 39.9 Å². The summed E-state index contributed by atoms with van der Waals surface area (Å²) in [5.74, 6) is -0.581. The molecule has 9 nitrogen and oxygen atoms in total. The van der Waals surface area contributed by atoms with Crippen LogP contribution in [0.15, 0.2) is 24.3 Å². The van der Waals surface area contributed by atoms with Crippen molar-refractivity contribution in [2.45, 2.75) is 44.8 Å². The fraction of sp³-hybridized carbons (Fsp3) is 0.421. The van der Waals surface area contributed by atoms with Crippen LogP contribution in [0, 0.1) is 6.92 Å². The molecule has 152 valence electrons. The number of aryl methyl sites for hydroxylation is 1. The van der Waals surface area contributed by atoms with E-state index in [9.17, 15) is 14.4 Å². The number of likely N-dealkylation sites (tertiary alicyclic amines) is 1. The van der Waals surface area contributed by atoms with E-state index in [2.05, 4.69) is 26.1 Å². The average Bonchev–Trinajstić information content (AvgIpc) is 3.04. The van der Waals surface area contributed by atoms with Crippen LogP contribution in [0.3, 0.4) is 0 Å². The first-order chi connectivity index (χ1) is 13.9.